The molecule has 0 radical (unpaired) electrons. The Kier molecular flexibility index (Phi) is 5.48. The molecule has 0 aliphatic carbocycles. The number of aryl methyl sites for hydroxylation is 1. The van der Waals surface area contributed by atoms with Gasteiger partial charge < -0.3 is 4.90 Å². The number of imidazole rings is 1. The van der Waals surface area contributed by atoms with Crippen LogP contribution >= 0.6 is 22.9 Å². The van der Waals surface area contributed by atoms with Crippen LogP contribution in [0.15, 0.2) is 46.8 Å². The third-order valence-corrected chi connectivity index (χ3v) is 7.79. The maximum Gasteiger partial charge on any atom is 0.246 e. The van der Waals surface area contributed by atoms with Crippen LogP contribution in [0.3, 0.4) is 0 Å². The Morgan fingerprint density at radius 3 is 2.55 bits per heavy atom. The van der Waals surface area contributed by atoms with E-state index in [-0.39, 0.29) is 23.9 Å². The van der Waals surface area contributed by atoms with Crippen molar-refractivity contribution in [1.29, 1.82) is 0 Å². The Morgan fingerprint density at radius 1 is 1.17 bits per heavy atom. The minimum Gasteiger partial charge on any atom is -0.337 e. The number of carbonyl (C=O) groups is 1. The molecule has 1 fully saturated rings. The summed E-state index contributed by atoms with van der Waals surface area (Å²) in [6, 6.07) is 6.80. The van der Waals surface area contributed by atoms with Gasteiger partial charge in [0, 0.05) is 43.8 Å². The highest BCUT2D eigenvalue weighted by Crippen LogP contribution is 2.23. The first kappa shape index (κ1) is 20.1. The van der Waals surface area contributed by atoms with Gasteiger partial charge in [0.1, 0.15) is 0 Å². The Balaban J connectivity index is 1.41. The monoisotopic (exact) mass is 450 g/mol. The third kappa shape index (κ3) is 3.95. The number of halogens is 1. The van der Waals surface area contributed by atoms with Crippen molar-refractivity contribution in [3.05, 3.63) is 58.3 Å². The lowest BCUT2D eigenvalue weighted by Crippen LogP contribution is -2.50. The third-order valence-electron chi connectivity index (χ3n) is 4.85. The highest BCUT2D eigenvalue weighted by atomic mass is 35.5. The molecule has 0 saturated carbocycles. The molecular weight excluding hydrogens is 432 g/mol. The van der Waals surface area contributed by atoms with Gasteiger partial charge in [-0.25, -0.2) is 13.4 Å². The molecule has 4 rings (SSSR count). The number of fused-ring (bicyclic) bond motifs is 1. The van der Waals surface area contributed by atoms with Gasteiger partial charge in [0.25, 0.3) is 0 Å². The standard InChI is InChI=1S/C19H19ClN4O3S2/c1-14-2-4-15(5-3-14)29(26,27)23-10-8-22(9-11-23)17(25)7-6-16-18(20)21-19-24(16)12-13-28-19/h2-7,12-13H,8-11H2,1H3/b7-6+. The average Bonchev–Trinajstić information content (AvgIpc) is 3.27. The number of sulfonamides is 1. The van der Waals surface area contributed by atoms with Gasteiger partial charge in [0.15, 0.2) is 10.1 Å². The topological polar surface area (TPSA) is 75.0 Å². The molecule has 1 saturated heterocycles. The first-order valence-electron chi connectivity index (χ1n) is 9.01. The van der Waals surface area contributed by atoms with Gasteiger partial charge in [-0.15, -0.1) is 11.3 Å². The van der Waals surface area contributed by atoms with Crippen LogP contribution in [-0.4, -0.2) is 59.1 Å². The fraction of sp³-hybridized carbons (Fsp3) is 0.263. The predicted octanol–water partition coefficient (Wildman–Crippen LogP) is 2.90. The number of rotatable bonds is 4. The fourth-order valence-corrected chi connectivity index (χ4v) is 5.62. The Hall–Kier alpha value is -2.20. The molecule has 3 aromatic rings. The van der Waals surface area contributed by atoms with Crippen LogP contribution < -0.4 is 0 Å². The number of thiazole rings is 1. The maximum absolute atomic E-state index is 12.8. The van der Waals surface area contributed by atoms with Crippen molar-refractivity contribution in [2.24, 2.45) is 0 Å². The van der Waals surface area contributed by atoms with Crippen LogP contribution in [0, 0.1) is 6.92 Å². The number of hydrogen-bond acceptors (Lipinski definition) is 5. The zero-order valence-corrected chi connectivity index (χ0v) is 18.0. The highest BCUT2D eigenvalue weighted by Gasteiger charge is 2.29. The molecule has 10 heteroatoms. The van der Waals surface area contributed by atoms with Crippen molar-refractivity contribution in [2.45, 2.75) is 11.8 Å². The molecular formula is C19H19ClN4O3S2. The summed E-state index contributed by atoms with van der Waals surface area (Å²) in [4.78, 5) is 19.4. The summed E-state index contributed by atoms with van der Waals surface area (Å²) < 4.78 is 28.8. The highest BCUT2D eigenvalue weighted by molar-refractivity contribution is 7.89. The van der Waals surface area contributed by atoms with Crippen LogP contribution in [0.1, 0.15) is 11.3 Å². The normalized spacial score (nSPS) is 16.1. The molecule has 3 heterocycles. The maximum atomic E-state index is 12.8. The lowest BCUT2D eigenvalue weighted by molar-refractivity contribution is -0.127. The summed E-state index contributed by atoms with van der Waals surface area (Å²) in [6.07, 6.45) is 4.95. The van der Waals surface area contributed by atoms with Gasteiger partial charge >= 0.3 is 0 Å². The second-order valence-electron chi connectivity index (χ2n) is 6.72. The number of piperazine rings is 1. The largest absolute Gasteiger partial charge is 0.337 e. The number of nitrogens with zero attached hydrogens (tertiary/aromatic N) is 4. The van der Waals surface area contributed by atoms with E-state index >= 15 is 0 Å². The molecule has 0 bridgehead atoms. The summed E-state index contributed by atoms with van der Waals surface area (Å²) in [5, 5.41) is 2.24. The minimum absolute atomic E-state index is 0.182. The van der Waals surface area contributed by atoms with Crippen LogP contribution in [-0.2, 0) is 14.8 Å². The Bertz CT molecular complexity index is 1170. The van der Waals surface area contributed by atoms with Crippen LogP contribution in [0.5, 0.6) is 0 Å². The molecule has 1 aliphatic rings. The van der Waals surface area contributed by atoms with Crippen LogP contribution in [0.25, 0.3) is 11.0 Å². The molecule has 7 nitrogen and oxygen atoms in total. The van der Waals surface area contributed by atoms with Crippen molar-refractivity contribution in [2.75, 3.05) is 26.2 Å². The molecule has 1 amide bonds. The van der Waals surface area contributed by atoms with Crippen LogP contribution in [0.2, 0.25) is 5.15 Å². The van der Waals surface area contributed by atoms with E-state index in [9.17, 15) is 13.2 Å². The van der Waals surface area contributed by atoms with Crippen LogP contribution in [0.4, 0.5) is 0 Å². The number of amides is 1. The lowest BCUT2D eigenvalue weighted by atomic mass is 10.2. The molecule has 29 heavy (non-hydrogen) atoms. The van der Waals surface area contributed by atoms with E-state index in [1.165, 1.54) is 21.7 Å². The SMILES string of the molecule is Cc1ccc(S(=O)(=O)N2CCN(C(=O)/C=C/c3c(Cl)nc4sccn34)CC2)cc1. The van der Waals surface area contributed by atoms with Crippen molar-refractivity contribution >= 4 is 49.9 Å². The lowest BCUT2D eigenvalue weighted by Gasteiger charge is -2.33. The number of aromatic nitrogens is 2. The fourth-order valence-electron chi connectivity index (χ4n) is 3.19. The molecule has 152 valence electrons. The van der Waals surface area contributed by atoms with E-state index in [0.29, 0.717) is 23.9 Å². The summed E-state index contributed by atoms with van der Waals surface area (Å²) in [5.74, 6) is -0.182. The van der Waals surface area contributed by atoms with Gasteiger partial charge in [0.05, 0.1) is 10.6 Å². The first-order chi connectivity index (χ1) is 13.9. The van der Waals surface area contributed by atoms with Gasteiger partial charge in [-0.2, -0.15) is 4.31 Å². The molecule has 0 unspecified atom stereocenters. The summed E-state index contributed by atoms with van der Waals surface area (Å²) in [5.41, 5.74) is 1.65. The minimum atomic E-state index is -3.55. The van der Waals surface area contributed by atoms with Gasteiger partial charge in [-0.05, 0) is 25.1 Å². The summed E-state index contributed by atoms with van der Waals surface area (Å²) >= 11 is 7.60. The smallest absolute Gasteiger partial charge is 0.246 e. The van der Waals surface area contributed by atoms with E-state index < -0.39 is 10.0 Å². The van der Waals surface area contributed by atoms with E-state index in [1.807, 2.05) is 22.9 Å². The summed E-state index contributed by atoms with van der Waals surface area (Å²) in [6.45, 7) is 3.11. The molecule has 2 aromatic heterocycles. The van der Waals surface area contributed by atoms with Crippen molar-refractivity contribution in [1.82, 2.24) is 18.6 Å². The van der Waals surface area contributed by atoms with Crippen molar-refractivity contribution in [3.8, 4) is 0 Å². The van der Waals surface area contributed by atoms with Gasteiger partial charge in [-0.3, -0.25) is 9.20 Å². The predicted molar refractivity (Wildman–Crippen MR) is 114 cm³/mol. The second-order valence-corrected chi connectivity index (χ2v) is 9.89. The number of carbonyl (C=O) groups excluding carboxylic acids is 1. The number of benzene rings is 1. The Morgan fingerprint density at radius 2 is 1.86 bits per heavy atom. The van der Waals surface area contributed by atoms with Gasteiger partial charge in [-0.1, -0.05) is 29.3 Å². The van der Waals surface area contributed by atoms with Gasteiger partial charge in [0.2, 0.25) is 15.9 Å². The van der Waals surface area contributed by atoms with E-state index in [0.717, 1.165) is 10.5 Å². The zero-order valence-electron chi connectivity index (χ0n) is 15.7. The molecule has 0 N–H and O–H groups in total. The quantitative estimate of drug-likeness (QED) is 0.573. The molecule has 0 spiro atoms. The Labute approximate surface area is 177 Å². The zero-order chi connectivity index (χ0) is 20.6. The molecule has 1 aromatic carbocycles. The van der Waals surface area contributed by atoms with Crippen molar-refractivity contribution < 1.29 is 13.2 Å². The molecule has 1 aliphatic heterocycles. The van der Waals surface area contributed by atoms with E-state index in [1.54, 1.807) is 35.2 Å². The van der Waals surface area contributed by atoms with E-state index in [4.69, 9.17) is 11.6 Å². The second kappa shape index (κ2) is 7.91. The average molecular weight is 451 g/mol. The molecule has 0 atom stereocenters. The van der Waals surface area contributed by atoms with E-state index in [2.05, 4.69) is 4.98 Å². The first-order valence-corrected chi connectivity index (χ1v) is 11.7. The summed E-state index contributed by atoms with van der Waals surface area (Å²) in [7, 11) is -3.55. The van der Waals surface area contributed by atoms with Crippen molar-refractivity contribution in [3.63, 3.8) is 0 Å². The number of hydrogen-bond donors (Lipinski definition) is 0.